The summed E-state index contributed by atoms with van der Waals surface area (Å²) in [5.74, 6) is 0.448. The summed E-state index contributed by atoms with van der Waals surface area (Å²) in [6.07, 6.45) is 2.18. The summed E-state index contributed by atoms with van der Waals surface area (Å²) in [7, 11) is 0. The fourth-order valence-corrected chi connectivity index (χ4v) is 7.06. The molecule has 0 aliphatic heterocycles. The SMILES string of the molecule is CC1=C(CC2c3ccccc3-c3ccccc32)c2cc3sc(Br)cc3c(C)c2C1. The monoisotopic (exact) mass is 456 g/mol. The van der Waals surface area contributed by atoms with E-state index in [-0.39, 0.29) is 0 Å². The highest BCUT2D eigenvalue weighted by Crippen LogP contribution is 2.51. The van der Waals surface area contributed by atoms with Gasteiger partial charge in [0.1, 0.15) is 0 Å². The predicted molar refractivity (Wildman–Crippen MR) is 129 cm³/mol. The molecule has 0 N–H and O–H groups in total. The van der Waals surface area contributed by atoms with Crippen LogP contribution in [0.5, 0.6) is 0 Å². The summed E-state index contributed by atoms with van der Waals surface area (Å²) >= 11 is 5.54. The number of halogens is 1. The maximum Gasteiger partial charge on any atom is 0.0711 e. The van der Waals surface area contributed by atoms with Crippen LogP contribution < -0.4 is 0 Å². The van der Waals surface area contributed by atoms with E-state index in [1.165, 1.54) is 52.8 Å². The van der Waals surface area contributed by atoms with Crippen molar-refractivity contribution < 1.29 is 0 Å². The number of hydrogen-bond donors (Lipinski definition) is 0. The number of rotatable bonds is 2. The van der Waals surface area contributed by atoms with Gasteiger partial charge >= 0.3 is 0 Å². The van der Waals surface area contributed by atoms with Crippen LogP contribution in [0.4, 0.5) is 0 Å². The number of allylic oxidation sites excluding steroid dienone is 2. The summed E-state index contributed by atoms with van der Waals surface area (Å²) in [6.45, 7) is 4.64. The molecule has 0 amide bonds. The van der Waals surface area contributed by atoms with Gasteiger partial charge in [-0.3, -0.25) is 0 Å². The first kappa shape index (κ1) is 17.7. The summed E-state index contributed by atoms with van der Waals surface area (Å²) in [6, 6.07) is 22.7. The molecule has 142 valence electrons. The second kappa shape index (κ2) is 6.42. The molecule has 3 aromatic carbocycles. The molecule has 2 aliphatic carbocycles. The number of aryl methyl sites for hydroxylation is 1. The minimum atomic E-state index is 0.448. The molecule has 1 heterocycles. The molecule has 0 radical (unpaired) electrons. The molecular weight excluding hydrogens is 436 g/mol. The first-order chi connectivity index (χ1) is 14.1. The molecule has 0 bridgehead atoms. The largest absolute Gasteiger partial charge is 0.128 e. The number of fused-ring (bicyclic) bond motifs is 5. The van der Waals surface area contributed by atoms with E-state index in [9.17, 15) is 0 Å². The minimum Gasteiger partial charge on any atom is -0.128 e. The zero-order valence-electron chi connectivity index (χ0n) is 16.6. The summed E-state index contributed by atoms with van der Waals surface area (Å²) in [5.41, 5.74) is 13.4. The van der Waals surface area contributed by atoms with Gasteiger partial charge in [-0.15, -0.1) is 11.3 Å². The van der Waals surface area contributed by atoms with E-state index in [0.29, 0.717) is 5.92 Å². The van der Waals surface area contributed by atoms with Crippen LogP contribution in [-0.4, -0.2) is 0 Å². The topological polar surface area (TPSA) is 0 Å². The molecule has 0 atom stereocenters. The number of hydrogen-bond acceptors (Lipinski definition) is 1. The fourth-order valence-electron chi connectivity index (χ4n) is 5.42. The van der Waals surface area contributed by atoms with E-state index < -0.39 is 0 Å². The average molecular weight is 457 g/mol. The van der Waals surface area contributed by atoms with E-state index in [1.807, 2.05) is 11.3 Å². The van der Waals surface area contributed by atoms with Crippen LogP contribution in [0.1, 0.15) is 47.1 Å². The van der Waals surface area contributed by atoms with Crippen LogP contribution in [0.15, 0.2) is 70.0 Å². The van der Waals surface area contributed by atoms with E-state index in [2.05, 4.69) is 90.4 Å². The highest BCUT2D eigenvalue weighted by Gasteiger charge is 2.31. The van der Waals surface area contributed by atoms with Crippen LogP contribution in [-0.2, 0) is 6.42 Å². The van der Waals surface area contributed by atoms with Gasteiger partial charge in [0.15, 0.2) is 0 Å². The van der Waals surface area contributed by atoms with Crippen LogP contribution >= 0.6 is 27.3 Å². The minimum absolute atomic E-state index is 0.448. The Hall–Kier alpha value is -2.16. The first-order valence-corrected chi connectivity index (χ1v) is 11.8. The molecule has 0 unspecified atom stereocenters. The third-order valence-electron chi connectivity index (χ3n) is 6.84. The summed E-state index contributed by atoms with van der Waals surface area (Å²) < 4.78 is 2.62. The molecule has 0 saturated carbocycles. The maximum atomic E-state index is 3.69. The zero-order valence-corrected chi connectivity index (χ0v) is 19.0. The zero-order chi connectivity index (χ0) is 19.7. The van der Waals surface area contributed by atoms with Crippen molar-refractivity contribution in [1.82, 2.24) is 0 Å². The Balaban J connectivity index is 1.49. The van der Waals surface area contributed by atoms with Gasteiger partial charge in [0.2, 0.25) is 0 Å². The van der Waals surface area contributed by atoms with Crippen LogP contribution in [0.25, 0.3) is 26.8 Å². The molecule has 0 spiro atoms. The van der Waals surface area contributed by atoms with Crippen molar-refractivity contribution >= 4 is 42.9 Å². The van der Waals surface area contributed by atoms with E-state index >= 15 is 0 Å². The molecule has 0 nitrogen and oxygen atoms in total. The molecule has 6 rings (SSSR count). The quantitative estimate of drug-likeness (QED) is 0.283. The Kier molecular flexibility index (Phi) is 3.91. The van der Waals surface area contributed by atoms with Crippen molar-refractivity contribution in [2.45, 2.75) is 32.6 Å². The lowest BCUT2D eigenvalue weighted by molar-refractivity contribution is 0.864. The lowest BCUT2D eigenvalue weighted by Crippen LogP contribution is -1.99. The van der Waals surface area contributed by atoms with Gasteiger partial charge < -0.3 is 0 Å². The van der Waals surface area contributed by atoms with Gasteiger partial charge in [0.25, 0.3) is 0 Å². The maximum absolute atomic E-state index is 3.69. The molecule has 2 heteroatoms. The van der Waals surface area contributed by atoms with Crippen molar-refractivity contribution in [3.8, 4) is 11.1 Å². The van der Waals surface area contributed by atoms with Crippen molar-refractivity contribution in [3.05, 3.63) is 97.8 Å². The Morgan fingerprint density at radius 3 is 2.24 bits per heavy atom. The number of thiophene rings is 1. The van der Waals surface area contributed by atoms with Crippen LogP contribution in [0.3, 0.4) is 0 Å². The van der Waals surface area contributed by atoms with E-state index in [4.69, 9.17) is 0 Å². The lowest BCUT2D eigenvalue weighted by atomic mass is 9.87. The van der Waals surface area contributed by atoms with Crippen molar-refractivity contribution in [2.75, 3.05) is 0 Å². The Bertz CT molecular complexity index is 1290. The normalized spacial score (nSPS) is 15.1. The van der Waals surface area contributed by atoms with E-state index in [1.54, 1.807) is 11.1 Å². The van der Waals surface area contributed by atoms with Gasteiger partial charge in [-0.1, -0.05) is 54.1 Å². The molecule has 1 aromatic heterocycles. The molecule has 2 aliphatic rings. The Morgan fingerprint density at radius 1 is 0.897 bits per heavy atom. The summed E-state index contributed by atoms with van der Waals surface area (Å²) in [4.78, 5) is 0. The van der Waals surface area contributed by atoms with Gasteiger partial charge in [-0.05, 0) is 105 Å². The predicted octanol–water partition coefficient (Wildman–Crippen LogP) is 8.50. The lowest BCUT2D eigenvalue weighted by Gasteiger charge is -2.17. The molecule has 29 heavy (non-hydrogen) atoms. The standard InChI is InChI=1S/C27H21BrS/c1-15-11-22-16(2)23-14-27(28)29-26(23)13-25(22)21(15)12-24-19-9-5-3-7-17(19)18-8-4-6-10-20(18)24/h3-10,13-14,24H,11-12H2,1-2H3. The third-order valence-corrected chi connectivity index (χ3v) is 8.43. The Labute approximate surface area is 184 Å². The highest BCUT2D eigenvalue weighted by atomic mass is 79.9. The van der Waals surface area contributed by atoms with Gasteiger partial charge in [0, 0.05) is 10.6 Å². The second-order valence-electron chi connectivity index (χ2n) is 8.36. The first-order valence-electron chi connectivity index (χ1n) is 10.2. The van der Waals surface area contributed by atoms with Crippen molar-refractivity contribution in [1.29, 1.82) is 0 Å². The van der Waals surface area contributed by atoms with Crippen molar-refractivity contribution in [3.63, 3.8) is 0 Å². The van der Waals surface area contributed by atoms with Crippen LogP contribution in [0, 0.1) is 6.92 Å². The molecular formula is C27H21BrS. The van der Waals surface area contributed by atoms with Gasteiger partial charge in [-0.2, -0.15) is 0 Å². The van der Waals surface area contributed by atoms with Crippen LogP contribution in [0.2, 0.25) is 0 Å². The smallest absolute Gasteiger partial charge is 0.0711 e. The number of benzene rings is 3. The summed E-state index contributed by atoms with van der Waals surface area (Å²) in [5, 5.41) is 1.41. The Morgan fingerprint density at radius 2 is 1.55 bits per heavy atom. The molecule has 4 aromatic rings. The van der Waals surface area contributed by atoms with Crippen molar-refractivity contribution in [2.24, 2.45) is 0 Å². The second-order valence-corrected chi connectivity index (χ2v) is 10.8. The third kappa shape index (κ3) is 2.55. The van der Waals surface area contributed by atoms with Gasteiger partial charge in [0.05, 0.1) is 3.79 Å². The fraction of sp³-hybridized carbons (Fsp3) is 0.185. The van der Waals surface area contributed by atoms with E-state index in [0.717, 1.165) is 12.8 Å². The van der Waals surface area contributed by atoms with Gasteiger partial charge in [-0.25, -0.2) is 0 Å². The molecule has 0 saturated heterocycles. The average Bonchev–Trinajstić information content (AvgIpc) is 3.36. The molecule has 0 fully saturated rings. The highest BCUT2D eigenvalue weighted by molar-refractivity contribution is 9.11.